The van der Waals surface area contributed by atoms with Crippen LogP contribution in [0.1, 0.15) is 12.5 Å². The lowest BCUT2D eigenvalue weighted by Crippen LogP contribution is -2.15. The van der Waals surface area contributed by atoms with Gasteiger partial charge >= 0.3 is 0 Å². The fraction of sp³-hybridized carbons (Fsp3) is 0.806. The predicted octanol–water partition coefficient (Wildman–Crippen LogP) is 2.44. The van der Waals surface area contributed by atoms with Gasteiger partial charge in [-0.2, -0.15) is 0 Å². The second-order valence-corrected chi connectivity index (χ2v) is 8.96. The van der Waals surface area contributed by atoms with Crippen LogP contribution in [-0.4, -0.2) is 152 Å². The van der Waals surface area contributed by atoms with Crippen molar-refractivity contribution in [3.05, 3.63) is 29.8 Å². The maximum absolute atomic E-state index is 5.65. The third-order valence-corrected chi connectivity index (χ3v) is 5.61. The van der Waals surface area contributed by atoms with Gasteiger partial charge in [0.1, 0.15) is 12.4 Å². The van der Waals surface area contributed by atoms with Crippen molar-refractivity contribution in [2.75, 3.05) is 152 Å². The number of ether oxygens (including phenoxy) is 12. The monoisotopic (exact) mass is 620 g/mol. The van der Waals surface area contributed by atoms with Crippen molar-refractivity contribution in [2.24, 2.45) is 0 Å². The van der Waals surface area contributed by atoms with Crippen molar-refractivity contribution in [3.63, 3.8) is 0 Å². The molecule has 1 rings (SSSR count). The molecule has 0 saturated heterocycles. The van der Waals surface area contributed by atoms with E-state index >= 15 is 0 Å². The van der Waals surface area contributed by atoms with E-state index in [0.717, 1.165) is 12.2 Å². The summed E-state index contributed by atoms with van der Waals surface area (Å²) in [5.74, 6) is 0.863. The van der Waals surface area contributed by atoms with Gasteiger partial charge in [-0.1, -0.05) is 19.1 Å². The molecule has 0 bridgehead atoms. The number of rotatable bonds is 35. The zero-order valence-corrected chi connectivity index (χ0v) is 26.5. The molecule has 0 aliphatic rings. The molecule has 0 aromatic heterocycles. The van der Waals surface area contributed by atoms with Crippen LogP contribution in [0.3, 0.4) is 0 Å². The summed E-state index contributed by atoms with van der Waals surface area (Å²) in [6.45, 7) is 13.8. The predicted molar refractivity (Wildman–Crippen MR) is 161 cm³/mol. The second kappa shape index (κ2) is 33.5. The number of methoxy groups -OCH3 is 1. The van der Waals surface area contributed by atoms with E-state index in [1.807, 2.05) is 12.1 Å². The normalized spacial score (nSPS) is 11.4. The molecule has 0 N–H and O–H groups in total. The first-order chi connectivity index (χ1) is 21.4. The Kier molecular flexibility index (Phi) is 30.8. The van der Waals surface area contributed by atoms with Gasteiger partial charge in [0.15, 0.2) is 0 Å². The van der Waals surface area contributed by atoms with E-state index in [0.29, 0.717) is 145 Å². The summed E-state index contributed by atoms with van der Waals surface area (Å²) in [6.07, 6.45) is 1.03. The quantitative estimate of drug-likeness (QED) is 0.104. The highest BCUT2D eigenvalue weighted by atomic mass is 16.6. The van der Waals surface area contributed by atoms with E-state index in [-0.39, 0.29) is 0 Å². The summed E-state index contributed by atoms with van der Waals surface area (Å²) in [5.41, 5.74) is 1.30. The Labute approximate surface area is 258 Å². The molecule has 43 heavy (non-hydrogen) atoms. The molecule has 0 amide bonds. The average molecular weight is 621 g/mol. The fourth-order valence-corrected chi connectivity index (χ4v) is 3.26. The highest BCUT2D eigenvalue weighted by Crippen LogP contribution is 2.12. The lowest BCUT2D eigenvalue weighted by Gasteiger charge is -2.09. The maximum atomic E-state index is 5.65. The molecular formula is C31H56O12. The Morgan fingerprint density at radius 3 is 0.860 bits per heavy atom. The first-order valence-corrected chi connectivity index (χ1v) is 15.3. The van der Waals surface area contributed by atoms with Crippen molar-refractivity contribution < 1.29 is 56.8 Å². The summed E-state index contributed by atoms with van der Waals surface area (Å²) in [6, 6.07) is 8.13. The smallest absolute Gasteiger partial charge is 0.119 e. The van der Waals surface area contributed by atoms with Gasteiger partial charge in [0.25, 0.3) is 0 Å². The van der Waals surface area contributed by atoms with Crippen LogP contribution in [0.5, 0.6) is 5.75 Å². The third-order valence-electron chi connectivity index (χ3n) is 5.61. The summed E-state index contributed by atoms with van der Waals surface area (Å²) in [4.78, 5) is 0. The van der Waals surface area contributed by atoms with E-state index in [2.05, 4.69) is 19.1 Å². The molecule has 1 aromatic rings. The molecule has 0 atom stereocenters. The topological polar surface area (TPSA) is 111 Å². The lowest BCUT2D eigenvalue weighted by atomic mass is 10.2. The molecule has 0 saturated carbocycles. The van der Waals surface area contributed by atoms with Crippen molar-refractivity contribution in [3.8, 4) is 5.75 Å². The number of benzene rings is 1. The Hall–Kier alpha value is -1.42. The summed E-state index contributed by atoms with van der Waals surface area (Å²) < 4.78 is 65.1. The van der Waals surface area contributed by atoms with E-state index in [9.17, 15) is 0 Å². The first-order valence-electron chi connectivity index (χ1n) is 15.3. The van der Waals surface area contributed by atoms with E-state index in [1.54, 1.807) is 7.11 Å². The average Bonchev–Trinajstić information content (AvgIpc) is 3.03. The van der Waals surface area contributed by atoms with Crippen LogP contribution >= 0.6 is 0 Å². The fourth-order valence-electron chi connectivity index (χ4n) is 3.26. The van der Waals surface area contributed by atoms with Gasteiger partial charge in [0.05, 0.1) is 139 Å². The Balaban J connectivity index is 1.64. The van der Waals surface area contributed by atoms with Crippen LogP contribution in [0.25, 0.3) is 0 Å². The van der Waals surface area contributed by atoms with Gasteiger partial charge in [-0.3, -0.25) is 0 Å². The van der Waals surface area contributed by atoms with Crippen molar-refractivity contribution >= 4 is 0 Å². The molecule has 12 heteroatoms. The first kappa shape index (κ1) is 39.6. The minimum Gasteiger partial charge on any atom is -0.491 e. The molecule has 0 fully saturated rings. The zero-order valence-electron chi connectivity index (χ0n) is 26.5. The molecule has 0 heterocycles. The van der Waals surface area contributed by atoms with Gasteiger partial charge in [-0.25, -0.2) is 0 Å². The van der Waals surface area contributed by atoms with E-state index < -0.39 is 0 Å². The van der Waals surface area contributed by atoms with Gasteiger partial charge in [0, 0.05) is 7.11 Å². The second-order valence-electron chi connectivity index (χ2n) is 8.96. The summed E-state index contributed by atoms with van der Waals surface area (Å²) >= 11 is 0. The minimum absolute atomic E-state index is 0.515. The van der Waals surface area contributed by atoms with Crippen LogP contribution in [0.4, 0.5) is 0 Å². The van der Waals surface area contributed by atoms with Crippen molar-refractivity contribution in [2.45, 2.75) is 13.3 Å². The molecule has 0 unspecified atom stereocenters. The van der Waals surface area contributed by atoms with Gasteiger partial charge < -0.3 is 56.8 Å². The van der Waals surface area contributed by atoms with Crippen LogP contribution in [0.15, 0.2) is 24.3 Å². The molecular weight excluding hydrogens is 564 g/mol. The molecule has 252 valence electrons. The van der Waals surface area contributed by atoms with Crippen molar-refractivity contribution in [1.29, 1.82) is 0 Å². The molecule has 0 aliphatic carbocycles. The highest BCUT2D eigenvalue weighted by Gasteiger charge is 1.97. The van der Waals surface area contributed by atoms with Gasteiger partial charge in [-0.15, -0.1) is 0 Å². The minimum atomic E-state index is 0.515. The molecule has 0 aliphatic heterocycles. The molecule has 1 aromatic carbocycles. The third kappa shape index (κ3) is 29.1. The Morgan fingerprint density at radius 1 is 0.349 bits per heavy atom. The lowest BCUT2D eigenvalue weighted by molar-refractivity contribution is -0.0273. The summed E-state index contributed by atoms with van der Waals surface area (Å²) in [7, 11) is 1.65. The van der Waals surface area contributed by atoms with Gasteiger partial charge in [0.2, 0.25) is 0 Å². The molecule has 12 nitrogen and oxygen atoms in total. The molecule has 0 spiro atoms. The van der Waals surface area contributed by atoms with Crippen LogP contribution in [0.2, 0.25) is 0 Å². The maximum Gasteiger partial charge on any atom is 0.119 e. The SMILES string of the molecule is CCc1ccc(OCCOCCOCCOCCOCCOCCOCCOCCOCCOCCOCCOC)cc1. The van der Waals surface area contributed by atoms with Crippen molar-refractivity contribution in [1.82, 2.24) is 0 Å². The number of hydrogen-bond donors (Lipinski definition) is 0. The number of aryl methyl sites for hydroxylation is 1. The van der Waals surface area contributed by atoms with Crippen LogP contribution in [0, 0.1) is 0 Å². The Morgan fingerprint density at radius 2 is 0.605 bits per heavy atom. The highest BCUT2D eigenvalue weighted by molar-refractivity contribution is 5.27. The van der Waals surface area contributed by atoms with Crippen LogP contribution < -0.4 is 4.74 Å². The summed E-state index contributed by atoms with van der Waals surface area (Å²) in [5, 5.41) is 0. The number of hydrogen-bond acceptors (Lipinski definition) is 12. The standard InChI is InChI=1S/C31H56O12/c1-3-30-4-6-31(7-5-30)43-29-28-42-27-26-41-25-24-40-23-22-39-21-20-38-19-18-37-17-16-36-15-14-35-13-12-34-11-10-33-9-8-32-2/h4-7H,3,8-29H2,1-2H3. The van der Waals surface area contributed by atoms with Gasteiger partial charge in [-0.05, 0) is 24.1 Å². The van der Waals surface area contributed by atoms with E-state index in [1.165, 1.54) is 5.56 Å². The Bertz CT molecular complexity index is 665. The largest absolute Gasteiger partial charge is 0.491 e. The zero-order chi connectivity index (χ0) is 30.7. The molecule has 0 radical (unpaired) electrons. The van der Waals surface area contributed by atoms with E-state index in [4.69, 9.17) is 56.8 Å². The van der Waals surface area contributed by atoms with Crippen LogP contribution in [-0.2, 0) is 58.5 Å².